The van der Waals surface area contributed by atoms with E-state index in [2.05, 4.69) is 47.8 Å². The highest BCUT2D eigenvalue weighted by Gasteiger charge is 2.26. The lowest BCUT2D eigenvalue weighted by Crippen LogP contribution is -2.43. The van der Waals surface area contributed by atoms with Crippen LogP contribution >= 0.6 is 24.0 Å². The van der Waals surface area contributed by atoms with Gasteiger partial charge in [-0.05, 0) is 44.1 Å². The highest BCUT2D eigenvalue weighted by atomic mass is 127. The van der Waals surface area contributed by atoms with E-state index in [1.807, 2.05) is 24.3 Å². The number of aliphatic imine (C=N–C) groups is 1. The van der Waals surface area contributed by atoms with E-state index in [1.165, 1.54) is 18.4 Å². The molecular weight excluding hydrogens is 533 g/mol. The molecule has 178 valence electrons. The van der Waals surface area contributed by atoms with Crippen molar-refractivity contribution in [1.82, 2.24) is 30.7 Å². The number of hydrogen-bond donors (Lipinski definition) is 3. The summed E-state index contributed by atoms with van der Waals surface area (Å²) in [5.41, 5.74) is 1.20. The van der Waals surface area contributed by atoms with Crippen LogP contribution in [0.4, 0.5) is 0 Å². The first kappa shape index (κ1) is 25.0. The highest BCUT2D eigenvalue weighted by Crippen LogP contribution is 2.31. The molecule has 1 aliphatic heterocycles. The van der Waals surface area contributed by atoms with Crippen molar-refractivity contribution >= 4 is 29.9 Å². The molecule has 0 radical (unpaired) electrons. The fourth-order valence-electron chi connectivity index (χ4n) is 4.07. The minimum Gasteiger partial charge on any atom is -0.496 e. The zero-order chi connectivity index (χ0) is 22.2. The van der Waals surface area contributed by atoms with Crippen LogP contribution in [0.25, 0.3) is 11.6 Å². The summed E-state index contributed by atoms with van der Waals surface area (Å²) in [5.74, 6) is 3.70. The topological polar surface area (TPSA) is 104 Å². The molecule has 0 bridgehead atoms. The summed E-state index contributed by atoms with van der Waals surface area (Å²) >= 11 is 0. The molecule has 0 saturated carbocycles. The molecule has 2 aromatic heterocycles. The number of halogens is 1. The van der Waals surface area contributed by atoms with E-state index in [0.29, 0.717) is 24.6 Å². The number of nitrogens with zero attached hydrogens (tertiary/aromatic N) is 4. The van der Waals surface area contributed by atoms with E-state index < -0.39 is 0 Å². The molecule has 9 nitrogen and oxygen atoms in total. The number of aromatic nitrogens is 3. The van der Waals surface area contributed by atoms with Crippen molar-refractivity contribution in [2.75, 3.05) is 40.3 Å². The van der Waals surface area contributed by atoms with Crippen molar-refractivity contribution in [3.05, 3.63) is 54.0 Å². The van der Waals surface area contributed by atoms with E-state index in [-0.39, 0.29) is 30.0 Å². The fraction of sp³-hybridized carbons (Fsp3) is 0.435. The Morgan fingerprint density at radius 3 is 2.76 bits per heavy atom. The van der Waals surface area contributed by atoms with Gasteiger partial charge in [-0.2, -0.15) is 5.10 Å². The number of ether oxygens (including phenoxy) is 1. The van der Waals surface area contributed by atoms with Crippen molar-refractivity contribution in [3.8, 4) is 17.3 Å². The number of methoxy groups -OCH3 is 1. The zero-order valence-electron chi connectivity index (χ0n) is 19.1. The van der Waals surface area contributed by atoms with Gasteiger partial charge in [-0.3, -0.25) is 15.0 Å². The Balaban J connectivity index is 0.00000306. The van der Waals surface area contributed by atoms with E-state index in [1.54, 1.807) is 20.4 Å². The summed E-state index contributed by atoms with van der Waals surface area (Å²) in [6.45, 7) is 3.61. The first-order chi connectivity index (χ1) is 15.8. The van der Waals surface area contributed by atoms with Crippen molar-refractivity contribution in [2.24, 2.45) is 4.99 Å². The number of likely N-dealkylation sites (tertiary alicyclic amines) is 1. The van der Waals surface area contributed by atoms with E-state index in [4.69, 9.17) is 9.15 Å². The lowest BCUT2D eigenvalue weighted by molar-refractivity contribution is 0.239. The van der Waals surface area contributed by atoms with Gasteiger partial charge in [0.25, 0.3) is 0 Å². The maximum atomic E-state index is 5.64. The third kappa shape index (κ3) is 6.47. The van der Waals surface area contributed by atoms with Crippen molar-refractivity contribution < 1.29 is 9.15 Å². The second-order valence-electron chi connectivity index (χ2n) is 7.71. The molecule has 0 amide bonds. The smallest absolute Gasteiger partial charge is 0.216 e. The lowest BCUT2D eigenvalue weighted by Gasteiger charge is -2.30. The number of H-pyrrole nitrogens is 1. The maximum absolute atomic E-state index is 5.64. The van der Waals surface area contributed by atoms with Crippen LogP contribution in [0.1, 0.15) is 30.3 Å². The Labute approximate surface area is 211 Å². The molecule has 0 spiro atoms. The Hall–Kier alpha value is -2.60. The summed E-state index contributed by atoms with van der Waals surface area (Å²) < 4.78 is 11.0. The SMILES string of the molecule is CN=C(NCCc1nc(-c2ccco2)n[nH]1)NCC(c1ccccc1OC)N1CCCC1.I. The molecule has 10 heteroatoms. The number of benzene rings is 1. The molecular formula is C23H32IN7O2. The Bertz CT molecular complexity index is 1000. The largest absolute Gasteiger partial charge is 0.496 e. The second-order valence-corrected chi connectivity index (χ2v) is 7.71. The van der Waals surface area contributed by atoms with Crippen LogP contribution in [0.2, 0.25) is 0 Å². The van der Waals surface area contributed by atoms with E-state index >= 15 is 0 Å². The van der Waals surface area contributed by atoms with Gasteiger partial charge >= 0.3 is 0 Å². The number of nitrogens with one attached hydrogen (secondary N) is 3. The molecule has 1 unspecified atom stereocenters. The average Bonchev–Trinajstić information content (AvgIpc) is 3.61. The summed E-state index contributed by atoms with van der Waals surface area (Å²) in [5, 5.41) is 14.0. The van der Waals surface area contributed by atoms with Crippen molar-refractivity contribution in [3.63, 3.8) is 0 Å². The van der Waals surface area contributed by atoms with Crippen LogP contribution < -0.4 is 15.4 Å². The minimum absolute atomic E-state index is 0. The van der Waals surface area contributed by atoms with Crippen molar-refractivity contribution in [1.29, 1.82) is 0 Å². The second kappa shape index (κ2) is 12.6. The van der Waals surface area contributed by atoms with Gasteiger partial charge in [-0.15, -0.1) is 24.0 Å². The Morgan fingerprint density at radius 2 is 2.03 bits per heavy atom. The van der Waals surface area contributed by atoms with Gasteiger partial charge in [0.05, 0.1) is 19.4 Å². The molecule has 1 saturated heterocycles. The number of aromatic amines is 1. The lowest BCUT2D eigenvalue weighted by atomic mass is 10.0. The van der Waals surface area contributed by atoms with Crippen LogP contribution in [0.5, 0.6) is 5.75 Å². The Morgan fingerprint density at radius 1 is 1.21 bits per heavy atom. The normalized spacial score (nSPS) is 15.2. The quantitative estimate of drug-likeness (QED) is 0.208. The molecule has 1 fully saturated rings. The van der Waals surface area contributed by atoms with Crippen LogP contribution in [0, 0.1) is 0 Å². The van der Waals surface area contributed by atoms with Gasteiger partial charge in [-0.1, -0.05) is 18.2 Å². The number of guanidine groups is 1. The summed E-state index contributed by atoms with van der Waals surface area (Å²) in [6, 6.07) is 12.1. The van der Waals surface area contributed by atoms with Crippen LogP contribution in [0.3, 0.4) is 0 Å². The zero-order valence-corrected chi connectivity index (χ0v) is 21.4. The predicted octanol–water partition coefficient (Wildman–Crippen LogP) is 3.24. The van der Waals surface area contributed by atoms with Crippen LogP contribution in [-0.4, -0.2) is 66.4 Å². The van der Waals surface area contributed by atoms with E-state index in [0.717, 1.165) is 37.2 Å². The number of hydrogen-bond acceptors (Lipinski definition) is 6. The van der Waals surface area contributed by atoms with Gasteiger partial charge in [-0.25, -0.2) is 4.98 Å². The van der Waals surface area contributed by atoms with Crippen LogP contribution in [-0.2, 0) is 6.42 Å². The standard InChI is InChI=1S/C23H31N7O2.HI/c1-24-23(25-12-11-21-27-22(29-28-21)20-10-7-15-32-20)26-16-18(30-13-5-6-14-30)17-8-3-4-9-19(17)31-2;/h3-4,7-10,15,18H,5-6,11-14,16H2,1-2H3,(H2,24,25,26)(H,27,28,29);1H. The molecule has 3 aromatic rings. The minimum atomic E-state index is 0. The van der Waals surface area contributed by atoms with Gasteiger partial charge in [0.15, 0.2) is 11.7 Å². The molecule has 4 rings (SSSR count). The third-order valence-corrected chi connectivity index (χ3v) is 5.69. The average molecular weight is 565 g/mol. The van der Waals surface area contributed by atoms with Gasteiger partial charge < -0.3 is 19.8 Å². The highest BCUT2D eigenvalue weighted by molar-refractivity contribution is 14.0. The number of para-hydroxylation sites is 1. The predicted molar refractivity (Wildman–Crippen MR) is 139 cm³/mol. The van der Waals surface area contributed by atoms with Crippen LogP contribution in [0.15, 0.2) is 52.1 Å². The maximum Gasteiger partial charge on any atom is 0.216 e. The number of furan rings is 1. The monoisotopic (exact) mass is 565 g/mol. The first-order valence-corrected chi connectivity index (χ1v) is 11.0. The van der Waals surface area contributed by atoms with Gasteiger partial charge in [0.2, 0.25) is 5.82 Å². The number of rotatable bonds is 9. The molecule has 1 aliphatic rings. The van der Waals surface area contributed by atoms with Gasteiger partial charge in [0, 0.05) is 32.1 Å². The van der Waals surface area contributed by atoms with E-state index in [9.17, 15) is 0 Å². The molecule has 33 heavy (non-hydrogen) atoms. The molecule has 1 atom stereocenters. The molecule has 1 aromatic carbocycles. The summed E-state index contributed by atoms with van der Waals surface area (Å²) in [7, 11) is 3.52. The molecule has 0 aliphatic carbocycles. The summed E-state index contributed by atoms with van der Waals surface area (Å²) in [4.78, 5) is 11.4. The Kier molecular flexibility index (Phi) is 9.55. The summed E-state index contributed by atoms with van der Waals surface area (Å²) in [6.07, 6.45) is 4.77. The fourth-order valence-corrected chi connectivity index (χ4v) is 4.07. The van der Waals surface area contributed by atoms with Crippen molar-refractivity contribution in [2.45, 2.75) is 25.3 Å². The molecule has 3 N–H and O–H groups in total. The molecule has 3 heterocycles. The van der Waals surface area contributed by atoms with Gasteiger partial charge in [0.1, 0.15) is 11.6 Å². The third-order valence-electron chi connectivity index (χ3n) is 5.69. The first-order valence-electron chi connectivity index (χ1n) is 11.0.